The van der Waals surface area contributed by atoms with Crippen LogP contribution in [-0.2, 0) is 4.74 Å². The van der Waals surface area contributed by atoms with Gasteiger partial charge in [-0.15, -0.1) is 0 Å². The molecule has 0 bridgehead atoms. The molecule has 1 atom stereocenters. The Hall–Kier alpha value is -0.0400. The Labute approximate surface area is 140 Å². The Kier molecular flexibility index (Phi) is 6.39. The smallest absolute Gasteiger partial charge is 0.254 e. The van der Waals surface area contributed by atoms with E-state index in [1.165, 1.54) is 0 Å². The van der Waals surface area contributed by atoms with E-state index >= 15 is 0 Å². The van der Waals surface area contributed by atoms with Crippen LogP contribution in [0.15, 0.2) is 27.1 Å². The van der Waals surface area contributed by atoms with Gasteiger partial charge in [0.15, 0.2) is 0 Å². The summed E-state index contributed by atoms with van der Waals surface area (Å²) in [6.45, 7) is 1.22. The van der Waals surface area contributed by atoms with Gasteiger partial charge in [-0.25, -0.2) is 0 Å². The minimum absolute atomic E-state index is 0.0801. The fraction of sp³-hybridized carbons (Fsp3) is 0.500. The van der Waals surface area contributed by atoms with Crippen LogP contribution in [0.2, 0.25) is 0 Å². The molecule has 2 rings (SSSR count). The predicted octanol–water partition coefficient (Wildman–Crippen LogP) is 3.81. The van der Waals surface area contributed by atoms with Gasteiger partial charge in [-0.1, -0.05) is 31.9 Å². The first kappa shape index (κ1) is 16.3. The molecule has 0 N–H and O–H groups in total. The van der Waals surface area contributed by atoms with E-state index in [1.54, 1.807) is 7.11 Å². The third-order valence-corrected chi connectivity index (χ3v) is 5.31. The highest BCUT2D eigenvalue weighted by molar-refractivity contribution is 9.11. The molecule has 1 fully saturated rings. The third kappa shape index (κ3) is 4.23. The summed E-state index contributed by atoms with van der Waals surface area (Å²) in [6.07, 6.45) is 1.06. The highest BCUT2D eigenvalue weighted by Gasteiger charge is 2.27. The summed E-state index contributed by atoms with van der Waals surface area (Å²) < 4.78 is 6.96. The highest BCUT2D eigenvalue weighted by Crippen LogP contribution is 2.26. The van der Waals surface area contributed by atoms with Crippen LogP contribution in [-0.4, -0.2) is 48.6 Å². The summed E-state index contributed by atoms with van der Waals surface area (Å²) in [5, 5.41) is 0. The average molecular weight is 423 g/mol. The lowest BCUT2D eigenvalue weighted by Gasteiger charge is -2.28. The number of carbonyl (C=O) groups excluding carboxylic acids is 1. The average Bonchev–Trinajstić information content (AvgIpc) is 2.91. The first-order chi connectivity index (χ1) is 9.61. The van der Waals surface area contributed by atoms with Crippen molar-refractivity contribution in [2.24, 2.45) is 0 Å². The molecule has 1 heterocycles. The van der Waals surface area contributed by atoms with Gasteiger partial charge < -0.3 is 9.64 Å². The van der Waals surface area contributed by atoms with Crippen LogP contribution >= 0.6 is 43.6 Å². The number of hydrogen-bond donors (Lipinski definition) is 0. The van der Waals surface area contributed by atoms with E-state index < -0.39 is 0 Å². The standard InChI is InChI=1S/C14H17Br2NO2S/c1-19-4-3-17(13-2-5-20-9-13)14(18)10-6-11(15)8-12(16)7-10/h6-8,13H,2-5,9H2,1H3. The summed E-state index contributed by atoms with van der Waals surface area (Å²) in [5.74, 6) is 2.23. The molecule has 1 aliphatic rings. The molecule has 1 aromatic rings. The second-order valence-corrected chi connectivity index (χ2v) is 7.65. The minimum Gasteiger partial charge on any atom is -0.383 e. The lowest BCUT2D eigenvalue weighted by Crippen LogP contribution is -2.42. The van der Waals surface area contributed by atoms with E-state index in [1.807, 2.05) is 34.9 Å². The number of amides is 1. The SMILES string of the molecule is COCCN(C(=O)c1cc(Br)cc(Br)c1)C1CCSC1. The van der Waals surface area contributed by atoms with E-state index in [0.29, 0.717) is 24.8 Å². The maximum absolute atomic E-state index is 12.8. The van der Waals surface area contributed by atoms with Crippen molar-refractivity contribution in [1.82, 2.24) is 4.90 Å². The van der Waals surface area contributed by atoms with Gasteiger partial charge in [0, 0.05) is 40.0 Å². The number of halogens is 2. The summed E-state index contributed by atoms with van der Waals surface area (Å²) in [5.41, 5.74) is 0.708. The molecule has 6 heteroatoms. The monoisotopic (exact) mass is 421 g/mol. The number of carbonyl (C=O) groups is 1. The molecular formula is C14H17Br2NO2S. The van der Waals surface area contributed by atoms with Gasteiger partial charge in [0.2, 0.25) is 0 Å². The molecule has 0 aliphatic carbocycles. The zero-order valence-electron chi connectivity index (χ0n) is 11.3. The number of ether oxygens (including phenoxy) is 1. The number of hydrogen-bond acceptors (Lipinski definition) is 3. The van der Waals surface area contributed by atoms with Crippen LogP contribution < -0.4 is 0 Å². The molecule has 1 saturated heterocycles. The van der Waals surface area contributed by atoms with Crippen LogP contribution in [0.1, 0.15) is 16.8 Å². The third-order valence-electron chi connectivity index (χ3n) is 3.25. The zero-order chi connectivity index (χ0) is 14.5. The van der Waals surface area contributed by atoms with E-state index in [9.17, 15) is 4.79 Å². The molecule has 1 unspecified atom stereocenters. The van der Waals surface area contributed by atoms with E-state index in [0.717, 1.165) is 26.9 Å². The van der Waals surface area contributed by atoms with Gasteiger partial charge in [0.1, 0.15) is 0 Å². The van der Waals surface area contributed by atoms with Crippen molar-refractivity contribution in [3.05, 3.63) is 32.7 Å². The van der Waals surface area contributed by atoms with Crippen LogP contribution in [0.4, 0.5) is 0 Å². The molecule has 0 radical (unpaired) electrons. The lowest BCUT2D eigenvalue weighted by molar-refractivity contribution is 0.0624. The topological polar surface area (TPSA) is 29.5 Å². The van der Waals surface area contributed by atoms with Gasteiger partial charge in [0.05, 0.1) is 6.61 Å². The second-order valence-electron chi connectivity index (χ2n) is 4.67. The Balaban J connectivity index is 2.19. The molecule has 0 aromatic heterocycles. The largest absolute Gasteiger partial charge is 0.383 e. The van der Waals surface area contributed by atoms with Crippen LogP contribution in [0.5, 0.6) is 0 Å². The first-order valence-corrected chi connectivity index (χ1v) is 9.19. The van der Waals surface area contributed by atoms with Crippen molar-refractivity contribution in [3.63, 3.8) is 0 Å². The van der Waals surface area contributed by atoms with Gasteiger partial charge in [-0.3, -0.25) is 4.79 Å². The van der Waals surface area contributed by atoms with Crippen molar-refractivity contribution in [2.75, 3.05) is 31.8 Å². The van der Waals surface area contributed by atoms with Gasteiger partial charge in [-0.05, 0) is 30.4 Å². The number of methoxy groups -OCH3 is 1. The van der Waals surface area contributed by atoms with Crippen molar-refractivity contribution in [3.8, 4) is 0 Å². The quantitative estimate of drug-likeness (QED) is 0.722. The number of thioether (sulfide) groups is 1. The molecule has 3 nitrogen and oxygen atoms in total. The lowest BCUT2D eigenvalue weighted by atomic mass is 10.1. The normalized spacial score (nSPS) is 18.2. The fourth-order valence-electron chi connectivity index (χ4n) is 2.25. The number of rotatable bonds is 5. The number of nitrogens with zero attached hydrogens (tertiary/aromatic N) is 1. The molecule has 1 aromatic carbocycles. The zero-order valence-corrected chi connectivity index (χ0v) is 15.3. The fourth-order valence-corrected chi connectivity index (χ4v) is 4.77. The summed E-state index contributed by atoms with van der Waals surface area (Å²) >= 11 is 8.78. The molecule has 0 saturated carbocycles. The van der Waals surface area contributed by atoms with Gasteiger partial charge in [0.25, 0.3) is 5.91 Å². The summed E-state index contributed by atoms with van der Waals surface area (Å²) in [4.78, 5) is 14.7. The molecule has 1 aliphatic heterocycles. The highest BCUT2D eigenvalue weighted by atomic mass is 79.9. The van der Waals surface area contributed by atoms with Crippen molar-refractivity contribution in [1.29, 1.82) is 0 Å². The first-order valence-electron chi connectivity index (χ1n) is 6.45. The van der Waals surface area contributed by atoms with Crippen LogP contribution in [0.25, 0.3) is 0 Å². The maximum atomic E-state index is 12.8. The second kappa shape index (κ2) is 7.82. The number of benzene rings is 1. The van der Waals surface area contributed by atoms with Crippen molar-refractivity contribution >= 4 is 49.5 Å². The summed E-state index contributed by atoms with van der Waals surface area (Å²) in [6, 6.07) is 5.99. The summed E-state index contributed by atoms with van der Waals surface area (Å²) in [7, 11) is 1.67. The van der Waals surface area contributed by atoms with Gasteiger partial charge >= 0.3 is 0 Å². The Morgan fingerprint density at radius 2 is 2.10 bits per heavy atom. The molecule has 1 amide bonds. The van der Waals surface area contributed by atoms with E-state index in [-0.39, 0.29) is 5.91 Å². The van der Waals surface area contributed by atoms with Crippen LogP contribution in [0.3, 0.4) is 0 Å². The van der Waals surface area contributed by atoms with Crippen molar-refractivity contribution < 1.29 is 9.53 Å². The molecule has 110 valence electrons. The van der Waals surface area contributed by atoms with Gasteiger partial charge in [-0.2, -0.15) is 11.8 Å². The van der Waals surface area contributed by atoms with E-state index in [4.69, 9.17) is 4.74 Å². The van der Waals surface area contributed by atoms with E-state index in [2.05, 4.69) is 31.9 Å². The maximum Gasteiger partial charge on any atom is 0.254 e. The molecule has 0 spiro atoms. The predicted molar refractivity (Wildman–Crippen MR) is 90.5 cm³/mol. The Morgan fingerprint density at radius 1 is 1.40 bits per heavy atom. The molecular weight excluding hydrogens is 406 g/mol. The molecule has 20 heavy (non-hydrogen) atoms. The Morgan fingerprint density at radius 3 is 2.65 bits per heavy atom. The van der Waals surface area contributed by atoms with Crippen molar-refractivity contribution in [2.45, 2.75) is 12.5 Å². The van der Waals surface area contributed by atoms with Crippen LogP contribution in [0, 0.1) is 0 Å². The minimum atomic E-state index is 0.0801. The Bertz CT molecular complexity index is 458.